The Morgan fingerprint density at radius 2 is 1.72 bits per heavy atom. The van der Waals surface area contributed by atoms with Gasteiger partial charge in [0.1, 0.15) is 5.01 Å². The molecular weight excluding hydrogens is 390 g/mol. The second-order valence-corrected chi connectivity index (χ2v) is 7.03. The van der Waals surface area contributed by atoms with Crippen LogP contribution in [0.25, 0.3) is 10.6 Å². The molecule has 0 aliphatic carbocycles. The predicted octanol–water partition coefficient (Wildman–Crippen LogP) is 3.47. The molecule has 29 heavy (non-hydrogen) atoms. The number of carbonyl (C=O) groups excluding carboxylic acids is 3. The van der Waals surface area contributed by atoms with Crippen LogP contribution in [0.2, 0.25) is 0 Å². The Labute approximate surface area is 171 Å². The van der Waals surface area contributed by atoms with Gasteiger partial charge in [0.05, 0.1) is 0 Å². The van der Waals surface area contributed by atoms with E-state index in [1.807, 2.05) is 31.2 Å². The zero-order chi connectivity index (χ0) is 20.8. The van der Waals surface area contributed by atoms with E-state index in [9.17, 15) is 14.4 Å². The first-order valence-corrected chi connectivity index (χ1v) is 9.67. The van der Waals surface area contributed by atoms with E-state index in [1.54, 1.807) is 35.7 Å². The number of aromatic nitrogens is 1. The smallest absolute Gasteiger partial charge is 0.358 e. The van der Waals surface area contributed by atoms with Gasteiger partial charge in [-0.1, -0.05) is 60.2 Å². The number of rotatable bonds is 5. The summed E-state index contributed by atoms with van der Waals surface area (Å²) >= 11 is 1.31. The van der Waals surface area contributed by atoms with Crippen LogP contribution in [0.15, 0.2) is 60.0 Å². The van der Waals surface area contributed by atoms with Crippen LogP contribution in [0.1, 0.15) is 27.7 Å². The molecule has 1 atom stereocenters. The number of thiazole rings is 1. The molecule has 0 aliphatic heterocycles. The van der Waals surface area contributed by atoms with Crippen LogP contribution in [0.4, 0.5) is 4.79 Å². The van der Waals surface area contributed by atoms with E-state index in [0.717, 1.165) is 11.1 Å². The topological polar surface area (TPSA) is 97.4 Å². The highest BCUT2D eigenvalue weighted by Gasteiger charge is 2.28. The third kappa shape index (κ3) is 5.05. The highest BCUT2D eigenvalue weighted by Crippen LogP contribution is 2.26. The van der Waals surface area contributed by atoms with Crippen molar-refractivity contribution in [1.29, 1.82) is 0 Å². The molecule has 0 fully saturated rings. The number of hydrogen-bond donors (Lipinski definition) is 2. The number of urea groups is 1. The lowest BCUT2D eigenvalue weighted by atomic mass is 10.1. The molecule has 2 N–H and O–H groups in total. The molecule has 3 rings (SSSR count). The number of amides is 3. The summed E-state index contributed by atoms with van der Waals surface area (Å²) in [5.41, 5.74) is 2.55. The first-order valence-electron chi connectivity index (χ1n) is 8.79. The maximum atomic E-state index is 12.6. The Morgan fingerprint density at radius 1 is 1.03 bits per heavy atom. The Morgan fingerprint density at radius 3 is 2.38 bits per heavy atom. The lowest BCUT2D eigenvalue weighted by Gasteiger charge is -2.16. The Balaban J connectivity index is 1.80. The summed E-state index contributed by atoms with van der Waals surface area (Å²) in [7, 11) is 1.38. The summed E-state index contributed by atoms with van der Waals surface area (Å²) in [6.07, 6.45) is -1.29. The minimum atomic E-state index is -1.29. The van der Waals surface area contributed by atoms with Gasteiger partial charge in [-0.3, -0.25) is 10.1 Å². The van der Waals surface area contributed by atoms with Gasteiger partial charge in [0.25, 0.3) is 5.91 Å². The third-order valence-electron chi connectivity index (χ3n) is 4.04. The normalized spacial score (nSPS) is 11.4. The molecule has 1 heterocycles. The van der Waals surface area contributed by atoms with Crippen molar-refractivity contribution in [3.8, 4) is 10.6 Å². The Hall–Kier alpha value is -3.52. The molecule has 0 unspecified atom stereocenters. The zero-order valence-corrected chi connectivity index (χ0v) is 16.7. The molecule has 7 nitrogen and oxygen atoms in total. The van der Waals surface area contributed by atoms with Gasteiger partial charge in [0.15, 0.2) is 5.69 Å². The fraction of sp³-hybridized carbons (Fsp3) is 0.143. The largest absolute Gasteiger partial charge is 0.443 e. The van der Waals surface area contributed by atoms with Crippen molar-refractivity contribution in [2.45, 2.75) is 13.0 Å². The number of benzene rings is 2. The quantitative estimate of drug-likeness (QED) is 0.629. The lowest BCUT2D eigenvalue weighted by Crippen LogP contribution is -2.41. The van der Waals surface area contributed by atoms with Crippen molar-refractivity contribution in [1.82, 2.24) is 15.6 Å². The molecule has 3 amide bonds. The van der Waals surface area contributed by atoms with Crippen molar-refractivity contribution in [3.63, 3.8) is 0 Å². The van der Waals surface area contributed by atoms with Crippen molar-refractivity contribution in [3.05, 3.63) is 76.8 Å². The number of nitrogens with one attached hydrogen (secondary N) is 2. The van der Waals surface area contributed by atoms with Crippen LogP contribution in [0, 0.1) is 6.92 Å². The molecule has 148 valence electrons. The van der Waals surface area contributed by atoms with Crippen molar-refractivity contribution < 1.29 is 19.1 Å². The van der Waals surface area contributed by atoms with E-state index in [-0.39, 0.29) is 5.69 Å². The number of nitrogens with zero attached hydrogens (tertiary/aromatic N) is 1. The maximum Gasteiger partial charge on any atom is 0.358 e. The van der Waals surface area contributed by atoms with E-state index in [0.29, 0.717) is 10.6 Å². The van der Waals surface area contributed by atoms with Gasteiger partial charge in [-0.25, -0.2) is 14.6 Å². The summed E-state index contributed by atoms with van der Waals surface area (Å²) in [4.78, 5) is 40.9. The van der Waals surface area contributed by atoms with Gasteiger partial charge >= 0.3 is 12.0 Å². The first kappa shape index (κ1) is 20.2. The van der Waals surface area contributed by atoms with Crippen LogP contribution in [-0.2, 0) is 9.53 Å². The first-order chi connectivity index (χ1) is 14.0. The van der Waals surface area contributed by atoms with Gasteiger partial charge < -0.3 is 10.1 Å². The highest BCUT2D eigenvalue weighted by molar-refractivity contribution is 7.13. The molecule has 0 saturated heterocycles. The average molecular weight is 409 g/mol. The number of carbonyl (C=O) groups is 3. The molecule has 3 aromatic rings. The molecule has 0 aliphatic rings. The monoisotopic (exact) mass is 409 g/mol. The summed E-state index contributed by atoms with van der Waals surface area (Å²) in [5.74, 6) is -1.50. The van der Waals surface area contributed by atoms with Crippen molar-refractivity contribution in [2.75, 3.05) is 7.05 Å². The van der Waals surface area contributed by atoms with Crippen LogP contribution in [-0.4, -0.2) is 29.9 Å². The molecule has 8 heteroatoms. The SMILES string of the molecule is CNC(=O)NC(=O)[C@@H](OC(=O)c1csc(-c2ccc(C)cc2)n1)c1ccccc1. The molecular formula is C21H19N3O4S. The lowest BCUT2D eigenvalue weighted by molar-refractivity contribution is -0.129. The molecule has 1 aromatic heterocycles. The Bertz CT molecular complexity index is 1020. The molecule has 0 radical (unpaired) electrons. The number of ether oxygens (including phenoxy) is 1. The summed E-state index contributed by atoms with van der Waals surface area (Å²) in [6, 6.07) is 15.5. The van der Waals surface area contributed by atoms with Crippen molar-refractivity contribution >= 4 is 29.2 Å². The van der Waals surface area contributed by atoms with Gasteiger partial charge in [0.2, 0.25) is 6.10 Å². The fourth-order valence-corrected chi connectivity index (χ4v) is 3.30. The number of aryl methyl sites for hydroxylation is 1. The van der Waals surface area contributed by atoms with Gasteiger partial charge in [-0.15, -0.1) is 11.3 Å². The molecule has 0 spiro atoms. The van der Waals surface area contributed by atoms with E-state index >= 15 is 0 Å². The van der Waals surface area contributed by atoms with E-state index in [2.05, 4.69) is 15.6 Å². The number of esters is 1. The van der Waals surface area contributed by atoms with E-state index in [4.69, 9.17) is 4.74 Å². The number of hydrogen-bond acceptors (Lipinski definition) is 6. The second kappa shape index (κ2) is 9.11. The zero-order valence-electron chi connectivity index (χ0n) is 15.8. The molecule has 2 aromatic carbocycles. The minimum Gasteiger partial charge on any atom is -0.443 e. The van der Waals surface area contributed by atoms with Gasteiger partial charge in [-0.2, -0.15) is 0 Å². The van der Waals surface area contributed by atoms with Crippen molar-refractivity contribution in [2.24, 2.45) is 0 Å². The van der Waals surface area contributed by atoms with Gasteiger partial charge in [0, 0.05) is 23.6 Å². The van der Waals surface area contributed by atoms with Gasteiger partial charge in [-0.05, 0) is 6.92 Å². The molecule has 0 bridgehead atoms. The third-order valence-corrected chi connectivity index (χ3v) is 4.93. The highest BCUT2D eigenvalue weighted by atomic mass is 32.1. The number of imide groups is 1. The minimum absolute atomic E-state index is 0.0965. The summed E-state index contributed by atoms with van der Waals surface area (Å²) in [6.45, 7) is 1.99. The van der Waals surface area contributed by atoms with Crippen LogP contribution >= 0.6 is 11.3 Å². The van der Waals surface area contributed by atoms with Crippen LogP contribution in [0.5, 0.6) is 0 Å². The van der Waals surface area contributed by atoms with Crippen LogP contribution in [0.3, 0.4) is 0 Å². The summed E-state index contributed by atoms with van der Waals surface area (Å²) < 4.78 is 5.41. The Kier molecular flexibility index (Phi) is 6.36. The maximum absolute atomic E-state index is 12.6. The fourth-order valence-electron chi connectivity index (χ4n) is 2.50. The molecule has 0 saturated carbocycles. The second-order valence-electron chi connectivity index (χ2n) is 6.17. The summed E-state index contributed by atoms with van der Waals surface area (Å²) in [5, 5.41) is 6.68. The standard InChI is InChI=1S/C21H19N3O4S/c1-13-8-10-15(11-9-13)19-23-16(12-29-19)20(26)28-17(14-6-4-3-5-7-14)18(25)24-21(27)22-2/h3-12,17H,1-2H3,(H2,22,24,25,27)/t17-/m0/s1. The van der Waals surface area contributed by atoms with E-state index in [1.165, 1.54) is 18.4 Å². The van der Waals surface area contributed by atoms with E-state index < -0.39 is 24.0 Å². The predicted molar refractivity (Wildman–Crippen MR) is 109 cm³/mol. The average Bonchev–Trinajstić information content (AvgIpc) is 3.23. The van der Waals surface area contributed by atoms with Crippen LogP contribution < -0.4 is 10.6 Å².